The van der Waals surface area contributed by atoms with Gasteiger partial charge in [0.15, 0.2) is 11.5 Å². The van der Waals surface area contributed by atoms with Crippen molar-refractivity contribution in [2.24, 2.45) is 0 Å². The Morgan fingerprint density at radius 1 is 1.15 bits per heavy atom. The normalized spacial score (nSPS) is 15.5. The number of benzene rings is 2. The molecule has 134 valence electrons. The Kier molecular flexibility index (Phi) is 5.06. The van der Waals surface area contributed by atoms with Crippen LogP contribution in [-0.4, -0.2) is 23.5 Å². The Labute approximate surface area is 159 Å². The van der Waals surface area contributed by atoms with Crippen molar-refractivity contribution >= 4 is 46.8 Å². The van der Waals surface area contributed by atoms with Crippen molar-refractivity contribution in [1.82, 2.24) is 5.43 Å². The molecule has 2 aromatic rings. The second kappa shape index (κ2) is 7.27. The minimum Gasteiger partial charge on any atom is -0.504 e. The number of carbonyl (C=O) groups is 2. The van der Waals surface area contributed by atoms with Crippen LogP contribution in [0.5, 0.6) is 11.5 Å². The average molecular weight is 393 g/mol. The number of ether oxygens (including phenoxy) is 1. The Bertz CT molecular complexity index is 927. The molecule has 0 unspecified atom stereocenters. The first kappa shape index (κ1) is 18.1. The van der Waals surface area contributed by atoms with E-state index in [1.165, 1.54) is 24.3 Å². The summed E-state index contributed by atoms with van der Waals surface area (Å²) in [7, 11) is 0. The highest BCUT2D eigenvalue weighted by Gasteiger charge is 2.34. The fourth-order valence-corrected chi connectivity index (χ4v) is 2.71. The maximum Gasteiger partial charge on any atom is 0.282 e. The third-order valence-electron chi connectivity index (χ3n) is 3.65. The molecule has 3 rings (SSSR count). The van der Waals surface area contributed by atoms with Crippen LogP contribution in [0, 0.1) is 0 Å². The number of halogens is 2. The molecule has 1 heterocycles. The smallest absolute Gasteiger partial charge is 0.282 e. The molecule has 1 aliphatic rings. The molecule has 1 fully saturated rings. The highest BCUT2D eigenvalue weighted by molar-refractivity contribution is 6.42. The summed E-state index contributed by atoms with van der Waals surface area (Å²) >= 11 is 11.8. The average Bonchev–Trinajstić information content (AvgIpc) is 2.88. The highest BCUT2D eigenvalue weighted by atomic mass is 35.5. The quantitative estimate of drug-likeness (QED) is 0.615. The van der Waals surface area contributed by atoms with E-state index in [1.807, 2.05) is 0 Å². The molecule has 1 aliphatic heterocycles. The van der Waals surface area contributed by atoms with Gasteiger partial charge in [-0.25, -0.2) is 5.01 Å². The molecule has 8 heteroatoms. The van der Waals surface area contributed by atoms with Crippen molar-refractivity contribution in [1.29, 1.82) is 0 Å². The summed E-state index contributed by atoms with van der Waals surface area (Å²) in [4.78, 5) is 24.8. The zero-order valence-electron chi connectivity index (χ0n) is 13.6. The van der Waals surface area contributed by atoms with E-state index in [1.54, 1.807) is 25.1 Å². The Balaban J connectivity index is 1.92. The first-order valence-electron chi connectivity index (χ1n) is 7.68. The molecular weight excluding hydrogens is 379 g/mol. The van der Waals surface area contributed by atoms with Gasteiger partial charge < -0.3 is 9.84 Å². The maximum absolute atomic E-state index is 12.6. The van der Waals surface area contributed by atoms with Crippen LogP contribution in [0.4, 0.5) is 5.69 Å². The van der Waals surface area contributed by atoms with Gasteiger partial charge in [-0.2, -0.15) is 0 Å². The molecule has 6 nitrogen and oxygen atoms in total. The minimum absolute atomic E-state index is 0.0198. The molecule has 2 aromatic carbocycles. The van der Waals surface area contributed by atoms with Gasteiger partial charge >= 0.3 is 0 Å². The molecule has 0 aliphatic carbocycles. The molecule has 0 aromatic heterocycles. The van der Waals surface area contributed by atoms with Crippen molar-refractivity contribution in [3.05, 3.63) is 57.6 Å². The lowest BCUT2D eigenvalue weighted by atomic mass is 10.1. The van der Waals surface area contributed by atoms with E-state index in [2.05, 4.69) is 5.43 Å². The number of rotatable bonds is 4. The summed E-state index contributed by atoms with van der Waals surface area (Å²) in [5.41, 5.74) is 3.36. The predicted molar refractivity (Wildman–Crippen MR) is 99.3 cm³/mol. The van der Waals surface area contributed by atoms with Gasteiger partial charge in [0.1, 0.15) is 5.57 Å². The van der Waals surface area contributed by atoms with Gasteiger partial charge in [0, 0.05) is 0 Å². The minimum atomic E-state index is -0.549. The number of carbonyl (C=O) groups excluding carboxylic acids is 2. The number of aromatic hydroxyl groups is 1. The second-order valence-electron chi connectivity index (χ2n) is 5.40. The molecule has 0 spiro atoms. The molecule has 2 N–H and O–H groups in total. The molecular formula is C18H14Cl2N2O4. The zero-order chi connectivity index (χ0) is 18.8. The molecule has 0 saturated carbocycles. The van der Waals surface area contributed by atoms with Gasteiger partial charge in [0.25, 0.3) is 11.8 Å². The second-order valence-corrected chi connectivity index (χ2v) is 6.21. The number of phenols is 1. The van der Waals surface area contributed by atoms with Gasteiger partial charge in [0.05, 0.1) is 22.3 Å². The van der Waals surface area contributed by atoms with Gasteiger partial charge in [-0.15, -0.1) is 0 Å². The Morgan fingerprint density at radius 3 is 2.62 bits per heavy atom. The number of anilines is 1. The van der Waals surface area contributed by atoms with Crippen LogP contribution in [0.15, 0.2) is 42.0 Å². The number of amides is 2. The van der Waals surface area contributed by atoms with Gasteiger partial charge in [-0.3, -0.25) is 15.0 Å². The zero-order valence-corrected chi connectivity index (χ0v) is 15.1. The van der Waals surface area contributed by atoms with Crippen LogP contribution in [0.1, 0.15) is 12.5 Å². The molecule has 0 atom stereocenters. The largest absolute Gasteiger partial charge is 0.504 e. The van der Waals surface area contributed by atoms with Crippen LogP contribution < -0.4 is 15.2 Å². The van der Waals surface area contributed by atoms with Crippen LogP contribution in [-0.2, 0) is 9.59 Å². The number of nitrogens with zero attached hydrogens (tertiary/aromatic N) is 1. The van der Waals surface area contributed by atoms with E-state index in [0.717, 1.165) is 5.01 Å². The van der Waals surface area contributed by atoms with E-state index in [9.17, 15) is 14.7 Å². The number of nitrogens with one attached hydrogen (secondary N) is 1. The number of phenolic OH excluding ortho intramolecular Hbond substituents is 1. The fourth-order valence-electron chi connectivity index (χ4n) is 2.42. The van der Waals surface area contributed by atoms with Gasteiger partial charge in [-0.1, -0.05) is 29.3 Å². The SMILES string of the molecule is CCOc1cc(/C=C2\C(=O)NN(c3ccc(Cl)c(Cl)c3)C2=O)ccc1O. The molecule has 26 heavy (non-hydrogen) atoms. The van der Waals surface area contributed by atoms with E-state index in [-0.39, 0.29) is 22.1 Å². The topological polar surface area (TPSA) is 78.9 Å². The lowest BCUT2D eigenvalue weighted by Gasteiger charge is -2.15. The van der Waals surface area contributed by atoms with Gasteiger partial charge in [0.2, 0.25) is 0 Å². The van der Waals surface area contributed by atoms with Crippen molar-refractivity contribution in [3.8, 4) is 11.5 Å². The lowest BCUT2D eigenvalue weighted by Crippen LogP contribution is -2.35. The van der Waals surface area contributed by atoms with Crippen molar-refractivity contribution < 1.29 is 19.4 Å². The van der Waals surface area contributed by atoms with E-state index >= 15 is 0 Å². The van der Waals surface area contributed by atoms with Gasteiger partial charge in [-0.05, 0) is 48.9 Å². The van der Waals surface area contributed by atoms with E-state index in [4.69, 9.17) is 27.9 Å². The van der Waals surface area contributed by atoms with Crippen LogP contribution in [0.25, 0.3) is 6.08 Å². The maximum atomic E-state index is 12.6. The molecule has 0 radical (unpaired) electrons. The first-order valence-corrected chi connectivity index (χ1v) is 8.44. The standard InChI is InChI=1S/C18H14Cl2N2O4/c1-2-26-16-8-10(3-6-15(16)23)7-12-17(24)21-22(18(12)25)11-4-5-13(19)14(20)9-11/h3-9,23H,2H2,1H3,(H,21,24)/b12-7+. The van der Waals surface area contributed by atoms with Crippen LogP contribution in [0.2, 0.25) is 10.0 Å². The summed E-state index contributed by atoms with van der Waals surface area (Å²) in [6, 6.07) is 9.16. The van der Waals surface area contributed by atoms with Crippen LogP contribution in [0.3, 0.4) is 0 Å². The molecule has 1 saturated heterocycles. The molecule has 2 amide bonds. The number of hydrazine groups is 1. The summed E-state index contributed by atoms with van der Waals surface area (Å²) < 4.78 is 5.31. The highest BCUT2D eigenvalue weighted by Crippen LogP contribution is 2.30. The molecule has 0 bridgehead atoms. The fraction of sp³-hybridized carbons (Fsp3) is 0.111. The number of hydrogen-bond donors (Lipinski definition) is 2. The summed E-state index contributed by atoms with van der Waals surface area (Å²) in [6.07, 6.45) is 1.43. The Morgan fingerprint density at radius 2 is 1.92 bits per heavy atom. The monoisotopic (exact) mass is 392 g/mol. The third-order valence-corrected chi connectivity index (χ3v) is 4.39. The summed E-state index contributed by atoms with van der Waals surface area (Å²) in [5.74, 6) is -0.825. The van der Waals surface area contributed by atoms with Crippen LogP contribution >= 0.6 is 23.2 Å². The number of hydrogen-bond acceptors (Lipinski definition) is 4. The summed E-state index contributed by atoms with van der Waals surface area (Å²) in [5, 5.41) is 11.5. The first-order chi connectivity index (χ1) is 12.4. The third kappa shape index (κ3) is 3.47. The van der Waals surface area contributed by atoms with E-state index < -0.39 is 11.8 Å². The predicted octanol–water partition coefficient (Wildman–Crippen LogP) is 3.56. The summed E-state index contributed by atoms with van der Waals surface area (Å²) in [6.45, 7) is 2.16. The van der Waals surface area contributed by atoms with E-state index in [0.29, 0.717) is 22.9 Å². The lowest BCUT2D eigenvalue weighted by molar-refractivity contribution is -0.117. The Hall–Kier alpha value is -2.70. The van der Waals surface area contributed by atoms with Crippen molar-refractivity contribution in [3.63, 3.8) is 0 Å². The van der Waals surface area contributed by atoms with Crippen molar-refractivity contribution in [2.45, 2.75) is 6.92 Å². The van der Waals surface area contributed by atoms with Crippen molar-refractivity contribution in [2.75, 3.05) is 11.6 Å².